The highest BCUT2D eigenvalue weighted by molar-refractivity contribution is 5.74. The number of aliphatic hydroxyl groups is 1. The van der Waals surface area contributed by atoms with E-state index in [1.54, 1.807) is 10.9 Å². The van der Waals surface area contributed by atoms with Crippen LogP contribution >= 0.6 is 0 Å². The zero-order chi connectivity index (χ0) is 17.4. The molecule has 0 unspecified atom stereocenters. The lowest BCUT2D eigenvalue weighted by Gasteiger charge is -2.16. The summed E-state index contributed by atoms with van der Waals surface area (Å²) in [5.74, 6) is 0.703. The predicted molar refractivity (Wildman–Crippen MR) is 92.1 cm³/mol. The van der Waals surface area contributed by atoms with E-state index in [0.29, 0.717) is 18.8 Å². The van der Waals surface area contributed by atoms with Crippen molar-refractivity contribution in [3.05, 3.63) is 36.2 Å². The van der Waals surface area contributed by atoms with Crippen molar-refractivity contribution >= 4 is 11.0 Å². The van der Waals surface area contributed by atoms with Gasteiger partial charge in [0.05, 0.1) is 17.9 Å². The molecule has 1 aromatic carbocycles. The van der Waals surface area contributed by atoms with Crippen LogP contribution in [-0.4, -0.2) is 60.1 Å². The van der Waals surface area contributed by atoms with Crippen LogP contribution < -0.4 is 4.74 Å². The van der Waals surface area contributed by atoms with Crippen LogP contribution in [0.25, 0.3) is 11.0 Å². The van der Waals surface area contributed by atoms with Gasteiger partial charge < -0.3 is 9.84 Å². The second-order valence-corrected chi connectivity index (χ2v) is 6.49. The Morgan fingerprint density at radius 3 is 3.00 bits per heavy atom. The van der Waals surface area contributed by atoms with Gasteiger partial charge in [-0.1, -0.05) is 11.3 Å². The molecule has 0 saturated carbocycles. The fourth-order valence-corrected chi connectivity index (χ4v) is 3.27. The van der Waals surface area contributed by atoms with Gasteiger partial charge in [0.15, 0.2) is 5.75 Å². The highest BCUT2D eigenvalue weighted by atomic mass is 16.5. The number of aliphatic hydroxyl groups excluding tert-OH is 1. The fraction of sp³-hybridized carbons (Fsp3) is 0.471. The van der Waals surface area contributed by atoms with E-state index in [1.165, 1.54) is 0 Å². The van der Waals surface area contributed by atoms with E-state index in [-0.39, 0.29) is 6.10 Å². The molecule has 1 aliphatic heterocycles. The number of aromatic nitrogens is 5. The fourth-order valence-electron chi connectivity index (χ4n) is 3.27. The number of β-amino-alcohol motifs (C(OH)–C–C–N with tert-alkyl or cyclic N) is 1. The van der Waals surface area contributed by atoms with Crippen LogP contribution in [0.1, 0.15) is 12.5 Å². The monoisotopic (exact) mass is 342 g/mol. The average Bonchev–Trinajstić information content (AvgIpc) is 3.29. The number of ether oxygens (including phenoxy) is 1. The highest BCUT2D eigenvalue weighted by Gasteiger charge is 2.33. The van der Waals surface area contributed by atoms with Crippen molar-refractivity contribution in [3.8, 4) is 5.75 Å². The molecular formula is C17H22N6O2. The normalized spacial score (nSPS) is 21.2. The molecule has 4 rings (SSSR count). The molecule has 0 spiro atoms. The average molecular weight is 342 g/mol. The number of rotatable bonds is 5. The van der Waals surface area contributed by atoms with Crippen LogP contribution in [0.15, 0.2) is 30.6 Å². The minimum Gasteiger partial charge on any atom is -0.483 e. The van der Waals surface area contributed by atoms with Gasteiger partial charge in [-0.2, -0.15) is 5.10 Å². The molecule has 3 aromatic rings. The summed E-state index contributed by atoms with van der Waals surface area (Å²) < 4.78 is 9.48. The minimum atomic E-state index is -0.509. The first-order chi connectivity index (χ1) is 12.1. The van der Waals surface area contributed by atoms with Gasteiger partial charge in [0.2, 0.25) is 0 Å². The van der Waals surface area contributed by atoms with Gasteiger partial charge in [0.25, 0.3) is 0 Å². The molecule has 0 amide bonds. The minimum absolute atomic E-state index is 0.241. The zero-order valence-electron chi connectivity index (χ0n) is 14.4. The second-order valence-electron chi connectivity index (χ2n) is 6.49. The van der Waals surface area contributed by atoms with Gasteiger partial charge in [0.1, 0.15) is 17.7 Å². The van der Waals surface area contributed by atoms with Crippen molar-refractivity contribution in [2.24, 2.45) is 7.05 Å². The Bertz CT molecular complexity index is 873. The van der Waals surface area contributed by atoms with Crippen molar-refractivity contribution in [3.63, 3.8) is 0 Å². The van der Waals surface area contributed by atoms with E-state index in [0.717, 1.165) is 29.7 Å². The highest BCUT2D eigenvalue weighted by Crippen LogP contribution is 2.21. The maximum absolute atomic E-state index is 10.3. The Balaban J connectivity index is 1.41. The summed E-state index contributed by atoms with van der Waals surface area (Å²) in [4.78, 5) is 2.19. The van der Waals surface area contributed by atoms with Crippen molar-refractivity contribution in [2.75, 3.05) is 13.1 Å². The van der Waals surface area contributed by atoms with E-state index in [2.05, 4.69) is 26.4 Å². The SMILES string of the molecule is CCn1cc(O[C@@H]2CN(Cc3ccc4c(c3)nnn4C)C[C@H]2O)cn1. The Labute approximate surface area is 145 Å². The number of aryl methyl sites for hydroxylation is 2. The van der Waals surface area contributed by atoms with Crippen molar-refractivity contribution in [1.29, 1.82) is 0 Å². The van der Waals surface area contributed by atoms with Crippen molar-refractivity contribution in [1.82, 2.24) is 29.7 Å². The molecule has 0 radical (unpaired) electrons. The molecule has 0 bridgehead atoms. The van der Waals surface area contributed by atoms with Crippen LogP contribution in [0.3, 0.4) is 0 Å². The third kappa shape index (κ3) is 3.22. The van der Waals surface area contributed by atoms with Gasteiger partial charge in [-0.3, -0.25) is 9.58 Å². The third-order valence-electron chi connectivity index (χ3n) is 4.61. The number of hydrogen-bond donors (Lipinski definition) is 1. The molecule has 2 atom stereocenters. The molecule has 8 heteroatoms. The Morgan fingerprint density at radius 2 is 2.20 bits per heavy atom. The van der Waals surface area contributed by atoms with E-state index in [4.69, 9.17) is 4.74 Å². The standard InChI is InChI=1S/C17H22N6O2/c1-3-23-9-13(7-18-23)25-17-11-22(10-16(17)24)8-12-4-5-15-14(6-12)19-20-21(15)2/h4-7,9,16-17,24H,3,8,10-11H2,1-2H3/t16-,17-/m1/s1. The Hall–Kier alpha value is -2.45. The van der Waals surface area contributed by atoms with Crippen LogP contribution in [0.4, 0.5) is 0 Å². The summed E-state index contributed by atoms with van der Waals surface area (Å²) in [5.41, 5.74) is 3.05. The molecule has 1 aliphatic rings. The lowest BCUT2D eigenvalue weighted by Crippen LogP contribution is -2.29. The summed E-state index contributed by atoms with van der Waals surface area (Å²) in [6.45, 7) is 4.84. The molecule has 3 heterocycles. The van der Waals surface area contributed by atoms with Gasteiger partial charge in [-0.15, -0.1) is 5.10 Å². The summed E-state index contributed by atoms with van der Waals surface area (Å²) >= 11 is 0. The Morgan fingerprint density at radius 1 is 1.32 bits per heavy atom. The van der Waals surface area contributed by atoms with E-state index in [9.17, 15) is 5.11 Å². The van der Waals surface area contributed by atoms with Gasteiger partial charge in [0, 0.05) is 33.2 Å². The summed E-state index contributed by atoms with van der Waals surface area (Å²) in [6.07, 6.45) is 2.80. The van der Waals surface area contributed by atoms with Crippen LogP contribution in [0.2, 0.25) is 0 Å². The molecule has 0 aliphatic carbocycles. The third-order valence-corrected chi connectivity index (χ3v) is 4.61. The first-order valence-electron chi connectivity index (χ1n) is 8.50. The van der Waals surface area contributed by atoms with Gasteiger partial charge >= 0.3 is 0 Å². The van der Waals surface area contributed by atoms with Gasteiger partial charge in [-0.05, 0) is 24.6 Å². The molecular weight excluding hydrogens is 320 g/mol. The molecule has 132 valence electrons. The summed E-state index contributed by atoms with van der Waals surface area (Å²) in [7, 11) is 1.88. The summed E-state index contributed by atoms with van der Waals surface area (Å²) in [5, 5.41) is 22.7. The molecule has 1 saturated heterocycles. The Kier molecular flexibility index (Phi) is 4.14. The first-order valence-corrected chi connectivity index (χ1v) is 8.50. The van der Waals surface area contributed by atoms with Gasteiger partial charge in [-0.25, -0.2) is 4.68 Å². The van der Waals surface area contributed by atoms with Crippen molar-refractivity contribution in [2.45, 2.75) is 32.2 Å². The maximum Gasteiger partial charge on any atom is 0.157 e. The lowest BCUT2D eigenvalue weighted by molar-refractivity contribution is 0.0736. The van der Waals surface area contributed by atoms with Crippen LogP contribution in [0.5, 0.6) is 5.75 Å². The number of benzene rings is 1. The smallest absolute Gasteiger partial charge is 0.157 e. The van der Waals surface area contributed by atoms with Crippen molar-refractivity contribution < 1.29 is 9.84 Å². The quantitative estimate of drug-likeness (QED) is 0.739. The second kappa shape index (κ2) is 6.45. The molecule has 1 fully saturated rings. The number of nitrogens with zero attached hydrogens (tertiary/aromatic N) is 6. The van der Waals surface area contributed by atoms with E-state index in [1.807, 2.05) is 37.0 Å². The number of hydrogen-bond acceptors (Lipinski definition) is 6. The first kappa shape index (κ1) is 16.0. The topological polar surface area (TPSA) is 81.2 Å². The summed E-state index contributed by atoms with van der Waals surface area (Å²) in [6, 6.07) is 6.16. The number of fused-ring (bicyclic) bond motifs is 1. The lowest BCUT2D eigenvalue weighted by atomic mass is 10.2. The molecule has 2 aromatic heterocycles. The molecule has 25 heavy (non-hydrogen) atoms. The molecule has 1 N–H and O–H groups in total. The maximum atomic E-state index is 10.3. The largest absolute Gasteiger partial charge is 0.483 e. The van der Waals surface area contributed by atoms with Crippen LogP contribution in [0, 0.1) is 0 Å². The number of likely N-dealkylation sites (tertiary alicyclic amines) is 1. The predicted octanol–water partition coefficient (Wildman–Crippen LogP) is 0.809. The van der Waals surface area contributed by atoms with E-state index < -0.39 is 6.10 Å². The van der Waals surface area contributed by atoms with Crippen LogP contribution in [-0.2, 0) is 20.1 Å². The zero-order valence-corrected chi connectivity index (χ0v) is 14.4. The molecule has 8 nitrogen and oxygen atoms in total. The van der Waals surface area contributed by atoms with E-state index >= 15 is 0 Å².